The number of aliphatic hydroxyl groups is 2. The van der Waals surface area contributed by atoms with E-state index in [0.29, 0.717) is 0 Å². The van der Waals surface area contributed by atoms with Crippen LogP contribution < -0.4 is 6.15 Å². The number of hydrogen-bond acceptors (Lipinski definition) is 5. The van der Waals surface area contributed by atoms with Gasteiger partial charge in [-0.3, -0.25) is 0 Å². The number of rotatable bonds is 2. The minimum Gasteiger partial charge on any atom is -0.480 e. The molecule has 0 spiro atoms. The van der Waals surface area contributed by atoms with Crippen molar-refractivity contribution in [1.29, 1.82) is 0 Å². The molecule has 0 saturated heterocycles. The average Bonchev–Trinajstić information content (AvgIpc) is 1.89. The van der Waals surface area contributed by atoms with E-state index >= 15 is 0 Å². The molecule has 0 rings (SSSR count). The van der Waals surface area contributed by atoms with Crippen molar-refractivity contribution in [1.82, 2.24) is 6.15 Å². The van der Waals surface area contributed by atoms with Gasteiger partial charge in [0.25, 0.3) is 0 Å². The Hall–Kier alpha value is -1.18. The van der Waals surface area contributed by atoms with Gasteiger partial charge in [0, 0.05) is 0 Å². The Labute approximate surface area is 62.5 Å². The van der Waals surface area contributed by atoms with Crippen molar-refractivity contribution < 1.29 is 30.0 Å². The molecule has 0 aliphatic carbocycles. The molecular formula is C4H11NO6. The molecule has 7 nitrogen and oxygen atoms in total. The lowest BCUT2D eigenvalue weighted by Gasteiger charge is -1.72. The van der Waals surface area contributed by atoms with Gasteiger partial charge >= 0.3 is 11.9 Å². The maximum Gasteiger partial charge on any atom is 0.329 e. The Morgan fingerprint density at radius 1 is 0.909 bits per heavy atom. The molecule has 7 heteroatoms. The molecule has 0 aliphatic rings. The summed E-state index contributed by atoms with van der Waals surface area (Å²) in [4.78, 5) is 18.2. The number of carboxylic acids is 2. The van der Waals surface area contributed by atoms with Crippen LogP contribution in [0.15, 0.2) is 0 Å². The summed E-state index contributed by atoms with van der Waals surface area (Å²) in [6.07, 6.45) is 0. The van der Waals surface area contributed by atoms with Gasteiger partial charge in [0.05, 0.1) is 0 Å². The number of carboxylic acid groups (broad SMARTS) is 2. The molecule has 7 N–H and O–H groups in total. The Bertz CT molecular complexity index is 99.1. The number of aliphatic hydroxyl groups excluding tert-OH is 2. The first-order valence-corrected chi connectivity index (χ1v) is 2.20. The number of hydrogen-bond donors (Lipinski definition) is 5. The molecule has 0 saturated carbocycles. The van der Waals surface area contributed by atoms with Crippen LogP contribution in [0.3, 0.4) is 0 Å². The van der Waals surface area contributed by atoms with Gasteiger partial charge in [-0.15, -0.1) is 0 Å². The van der Waals surface area contributed by atoms with Crippen LogP contribution in [0.25, 0.3) is 0 Å². The van der Waals surface area contributed by atoms with E-state index in [0.717, 1.165) is 0 Å². The molecule has 0 bridgehead atoms. The first kappa shape index (κ1) is 16.4. The van der Waals surface area contributed by atoms with Gasteiger partial charge in [-0.25, -0.2) is 9.59 Å². The van der Waals surface area contributed by atoms with Gasteiger partial charge in [0.1, 0.15) is 13.2 Å². The summed E-state index contributed by atoms with van der Waals surface area (Å²) in [5, 5.41) is 30.0. The molecule has 0 aromatic carbocycles. The van der Waals surface area contributed by atoms with E-state index in [-0.39, 0.29) is 6.15 Å². The van der Waals surface area contributed by atoms with Crippen LogP contribution in [0.1, 0.15) is 0 Å². The minimum absolute atomic E-state index is 0. The van der Waals surface area contributed by atoms with Gasteiger partial charge in [0.15, 0.2) is 0 Å². The van der Waals surface area contributed by atoms with E-state index in [2.05, 4.69) is 0 Å². The normalized spacial score (nSPS) is 6.73. The zero-order chi connectivity index (χ0) is 8.57. The molecule has 0 amide bonds. The summed E-state index contributed by atoms with van der Waals surface area (Å²) in [7, 11) is 0. The van der Waals surface area contributed by atoms with Crippen LogP contribution >= 0.6 is 0 Å². The van der Waals surface area contributed by atoms with E-state index in [1.165, 1.54) is 0 Å². The highest BCUT2D eigenvalue weighted by atomic mass is 16.4. The van der Waals surface area contributed by atoms with Crippen LogP contribution in [0.4, 0.5) is 0 Å². The molecule has 0 aliphatic heterocycles. The third-order valence-corrected chi connectivity index (χ3v) is 0.271. The lowest BCUT2D eigenvalue weighted by molar-refractivity contribution is -0.141. The molecule has 0 radical (unpaired) electrons. The highest BCUT2D eigenvalue weighted by molar-refractivity contribution is 5.67. The van der Waals surface area contributed by atoms with Crippen molar-refractivity contribution in [3.8, 4) is 0 Å². The summed E-state index contributed by atoms with van der Waals surface area (Å²) in [5.41, 5.74) is 0. The van der Waals surface area contributed by atoms with E-state index in [1.807, 2.05) is 0 Å². The van der Waals surface area contributed by atoms with Crippen LogP contribution in [0.5, 0.6) is 0 Å². The van der Waals surface area contributed by atoms with E-state index in [4.69, 9.17) is 30.0 Å². The second-order valence-corrected chi connectivity index (χ2v) is 1.10. The summed E-state index contributed by atoms with van der Waals surface area (Å²) >= 11 is 0. The quantitative estimate of drug-likeness (QED) is 0.330. The van der Waals surface area contributed by atoms with Crippen molar-refractivity contribution in [2.45, 2.75) is 0 Å². The molecule has 11 heavy (non-hydrogen) atoms. The Morgan fingerprint density at radius 3 is 1.00 bits per heavy atom. The fraction of sp³-hybridized carbons (Fsp3) is 0.500. The largest absolute Gasteiger partial charge is 0.480 e. The molecule has 0 heterocycles. The fourth-order valence-corrected chi connectivity index (χ4v) is 0. The highest BCUT2D eigenvalue weighted by Crippen LogP contribution is 1.49. The van der Waals surface area contributed by atoms with Gasteiger partial charge in [-0.05, 0) is 0 Å². The smallest absolute Gasteiger partial charge is 0.329 e. The van der Waals surface area contributed by atoms with E-state index in [1.54, 1.807) is 0 Å². The first-order chi connectivity index (χ1) is 4.54. The van der Waals surface area contributed by atoms with Crippen LogP contribution in [0, 0.1) is 0 Å². The molecule has 0 unspecified atom stereocenters. The van der Waals surface area contributed by atoms with Crippen molar-refractivity contribution in [2.24, 2.45) is 0 Å². The van der Waals surface area contributed by atoms with Gasteiger partial charge < -0.3 is 26.6 Å². The zero-order valence-electron chi connectivity index (χ0n) is 5.73. The minimum atomic E-state index is -1.19. The standard InChI is InChI=1S/2C2H4O3.H3N/c2*3-1-2(4)5;/h2*3H,1H2,(H,4,5);1H3. The van der Waals surface area contributed by atoms with Gasteiger partial charge in [-0.2, -0.15) is 0 Å². The SMILES string of the molecule is N.O=C(O)CO.O=C(O)CO. The van der Waals surface area contributed by atoms with Gasteiger partial charge in [0.2, 0.25) is 0 Å². The van der Waals surface area contributed by atoms with Crippen LogP contribution in [-0.4, -0.2) is 45.6 Å². The van der Waals surface area contributed by atoms with Crippen LogP contribution in [-0.2, 0) is 9.59 Å². The maximum atomic E-state index is 9.12. The molecular weight excluding hydrogens is 158 g/mol. The summed E-state index contributed by atoms with van der Waals surface area (Å²) in [6.45, 7) is -1.56. The predicted molar refractivity (Wildman–Crippen MR) is 34.5 cm³/mol. The summed E-state index contributed by atoms with van der Waals surface area (Å²) in [6, 6.07) is 0. The van der Waals surface area contributed by atoms with Crippen molar-refractivity contribution in [3.63, 3.8) is 0 Å². The lowest BCUT2D eigenvalue weighted by atomic mass is 10.8. The molecule has 0 atom stereocenters. The van der Waals surface area contributed by atoms with Crippen molar-refractivity contribution in [3.05, 3.63) is 0 Å². The number of carbonyl (C=O) groups is 2. The second kappa shape index (κ2) is 11.6. The Balaban J connectivity index is -0.000000107. The molecule has 0 fully saturated rings. The third kappa shape index (κ3) is 51.6. The Kier molecular flexibility index (Phi) is 17.3. The highest BCUT2D eigenvalue weighted by Gasteiger charge is 1.83. The Morgan fingerprint density at radius 2 is 1.00 bits per heavy atom. The molecule has 0 aromatic heterocycles. The maximum absolute atomic E-state index is 9.12. The fourth-order valence-electron chi connectivity index (χ4n) is 0. The summed E-state index contributed by atoms with van der Waals surface area (Å²) in [5.74, 6) is -2.38. The third-order valence-electron chi connectivity index (χ3n) is 0.271. The average molecular weight is 169 g/mol. The van der Waals surface area contributed by atoms with E-state index < -0.39 is 25.2 Å². The molecule has 0 aromatic rings. The number of aliphatic carboxylic acids is 2. The summed E-state index contributed by atoms with van der Waals surface area (Å²) < 4.78 is 0. The molecule has 68 valence electrons. The zero-order valence-corrected chi connectivity index (χ0v) is 5.73. The van der Waals surface area contributed by atoms with Crippen LogP contribution in [0.2, 0.25) is 0 Å². The topological polar surface area (TPSA) is 150 Å². The van der Waals surface area contributed by atoms with E-state index in [9.17, 15) is 0 Å². The monoisotopic (exact) mass is 169 g/mol. The lowest BCUT2D eigenvalue weighted by Crippen LogP contribution is -1.98. The van der Waals surface area contributed by atoms with Crippen molar-refractivity contribution in [2.75, 3.05) is 13.2 Å². The van der Waals surface area contributed by atoms with Gasteiger partial charge in [-0.1, -0.05) is 0 Å². The second-order valence-electron chi connectivity index (χ2n) is 1.10. The first-order valence-electron chi connectivity index (χ1n) is 2.20. The predicted octanol–water partition coefficient (Wildman–Crippen LogP) is -1.71. The van der Waals surface area contributed by atoms with Crippen molar-refractivity contribution >= 4 is 11.9 Å².